The number of likely N-dealkylation sites (N-methyl/N-ethyl adjacent to an activating group) is 1. The third-order valence-corrected chi connectivity index (χ3v) is 9.53. The van der Waals surface area contributed by atoms with Gasteiger partial charge < -0.3 is 35.5 Å². The lowest BCUT2D eigenvalue weighted by Gasteiger charge is -2.34. The number of aromatic amines is 1. The normalized spacial score (nSPS) is 15.4. The molecule has 0 bridgehead atoms. The van der Waals surface area contributed by atoms with E-state index in [1.165, 1.54) is 11.3 Å². The molecule has 1 fully saturated rings. The van der Waals surface area contributed by atoms with Gasteiger partial charge in [-0.05, 0) is 86.5 Å². The Morgan fingerprint density at radius 1 is 0.925 bits per heavy atom. The molecule has 4 aromatic rings. The summed E-state index contributed by atoms with van der Waals surface area (Å²) in [7, 11) is 2.17. The van der Waals surface area contributed by atoms with Crippen molar-refractivity contribution in [2.75, 3.05) is 57.8 Å². The van der Waals surface area contributed by atoms with Crippen molar-refractivity contribution >= 4 is 34.4 Å². The number of nitrogens with zero attached hydrogens (tertiary/aromatic N) is 5. The minimum absolute atomic E-state index is 0.0462. The molecule has 0 saturated carbocycles. The van der Waals surface area contributed by atoms with Gasteiger partial charge in [0.25, 0.3) is 0 Å². The average Bonchev–Trinajstić information content (AvgIpc) is 3.76. The molecule has 3 heterocycles. The zero-order valence-electron chi connectivity index (χ0n) is 30.4. The Hall–Kier alpha value is -5.74. The smallest absolute Gasteiger partial charge is 0.243 e. The summed E-state index contributed by atoms with van der Waals surface area (Å²) in [5, 5.41) is 15.9. The van der Waals surface area contributed by atoms with E-state index >= 15 is 0 Å². The fraction of sp³-hybridized carbons (Fsp3) is 0.400. The summed E-state index contributed by atoms with van der Waals surface area (Å²) in [5.41, 5.74) is 5.87. The van der Waals surface area contributed by atoms with Gasteiger partial charge in [0, 0.05) is 63.2 Å². The molecule has 1 saturated heterocycles. The van der Waals surface area contributed by atoms with Gasteiger partial charge in [0.15, 0.2) is 5.66 Å². The number of carbonyl (C=O) groups is 3. The van der Waals surface area contributed by atoms with Crippen LogP contribution in [0.25, 0.3) is 33.5 Å². The third kappa shape index (κ3) is 10.4. The van der Waals surface area contributed by atoms with Crippen LogP contribution in [0, 0.1) is 12.3 Å². The maximum absolute atomic E-state index is 12.5. The molecule has 13 nitrogen and oxygen atoms in total. The molecule has 1 unspecified atom stereocenters. The molecule has 3 aromatic carbocycles. The highest BCUT2D eigenvalue weighted by Gasteiger charge is 2.34. The van der Waals surface area contributed by atoms with Crippen molar-refractivity contribution in [2.24, 2.45) is 10.2 Å². The highest BCUT2D eigenvalue weighted by Crippen LogP contribution is 2.32. The van der Waals surface area contributed by atoms with Crippen molar-refractivity contribution in [3.63, 3.8) is 0 Å². The molecule has 1 atom stereocenters. The Labute approximate surface area is 310 Å². The highest BCUT2D eigenvalue weighted by molar-refractivity contribution is 5.88. The number of hydrogen-bond donors (Lipinski definition) is 4. The second kappa shape index (κ2) is 17.2. The summed E-state index contributed by atoms with van der Waals surface area (Å²) in [5.74, 6) is 2.97. The number of benzene rings is 3. The van der Waals surface area contributed by atoms with Crippen molar-refractivity contribution in [2.45, 2.75) is 50.7 Å². The second-order valence-electron chi connectivity index (χ2n) is 13.7. The number of H-pyrrole nitrogens is 1. The lowest BCUT2D eigenvalue weighted by Crippen LogP contribution is -2.48. The molecule has 0 aliphatic carbocycles. The zero-order valence-corrected chi connectivity index (χ0v) is 30.4. The fourth-order valence-electron chi connectivity index (χ4n) is 6.16. The number of anilines is 1. The number of piperazine rings is 1. The summed E-state index contributed by atoms with van der Waals surface area (Å²) in [6.07, 6.45) is 6.90. The number of carbonyl (C=O) groups excluding carboxylic acids is 3. The van der Waals surface area contributed by atoms with Crippen molar-refractivity contribution in [3.8, 4) is 40.6 Å². The number of terminal acetylenes is 1. The Kier molecular flexibility index (Phi) is 12.0. The average molecular weight is 718 g/mol. The molecule has 0 spiro atoms. The van der Waals surface area contributed by atoms with E-state index in [1.54, 1.807) is 0 Å². The second-order valence-corrected chi connectivity index (χ2v) is 13.7. The number of imidazole rings is 1. The van der Waals surface area contributed by atoms with E-state index in [2.05, 4.69) is 90.3 Å². The van der Waals surface area contributed by atoms with Gasteiger partial charge in [-0.25, -0.2) is 4.98 Å². The highest BCUT2D eigenvalue weighted by atomic mass is 16.5. The Bertz CT molecular complexity index is 1950. The molecule has 6 rings (SSSR count). The predicted molar refractivity (Wildman–Crippen MR) is 205 cm³/mol. The van der Waals surface area contributed by atoms with Gasteiger partial charge in [-0.3, -0.25) is 14.4 Å². The third-order valence-electron chi connectivity index (χ3n) is 9.53. The van der Waals surface area contributed by atoms with Crippen LogP contribution >= 0.6 is 0 Å². The van der Waals surface area contributed by atoms with Crippen molar-refractivity contribution in [3.05, 3.63) is 66.7 Å². The summed E-state index contributed by atoms with van der Waals surface area (Å²) >= 11 is 0. The van der Waals surface area contributed by atoms with Gasteiger partial charge in [-0.2, -0.15) is 10.2 Å². The minimum Gasteiger partial charge on any atom is -0.494 e. The number of fused-ring (bicyclic) bond motifs is 1. The molecule has 4 N–H and O–H groups in total. The van der Waals surface area contributed by atoms with Crippen LogP contribution in [0.3, 0.4) is 0 Å². The van der Waals surface area contributed by atoms with Crippen LogP contribution in [0.4, 0.5) is 5.69 Å². The molecule has 276 valence electrons. The van der Waals surface area contributed by atoms with Gasteiger partial charge in [-0.1, -0.05) is 24.1 Å². The Balaban J connectivity index is 0.926. The number of nitrogens with one attached hydrogen (secondary N) is 4. The van der Waals surface area contributed by atoms with Crippen LogP contribution < -0.4 is 25.6 Å². The van der Waals surface area contributed by atoms with E-state index in [1.807, 2.05) is 37.3 Å². The van der Waals surface area contributed by atoms with Gasteiger partial charge in [0.2, 0.25) is 17.7 Å². The summed E-state index contributed by atoms with van der Waals surface area (Å²) in [4.78, 5) is 50.5. The Morgan fingerprint density at radius 2 is 1.64 bits per heavy atom. The van der Waals surface area contributed by atoms with Crippen molar-refractivity contribution in [1.29, 1.82) is 0 Å². The SMILES string of the molecule is C#CCNC(=O)C(CCNC(=O)CCCOc1ccc(-c2nc3ccc(-c4ccc(N5CCN(C)CC5)cc4)cc3[nH]2)cc1)NC(=O)CCC1(C)N=N1. The van der Waals surface area contributed by atoms with Crippen LogP contribution in [0.15, 0.2) is 77.0 Å². The van der Waals surface area contributed by atoms with E-state index in [0.29, 0.717) is 25.2 Å². The molecular weight excluding hydrogens is 670 g/mol. The van der Waals surface area contributed by atoms with E-state index in [4.69, 9.17) is 16.1 Å². The van der Waals surface area contributed by atoms with Crippen LogP contribution in [0.1, 0.15) is 39.0 Å². The quantitative estimate of drug-likeness (QED) is 0.0926. The monoisotopic (exact) mass is 717 g/mol. The molecule has 0 radical (unpaired) electrons. The Morgan fingerprint density at radius 3 is 2.36 bits per heavy atom. The zero-order chi connectivity index (χ0) is 37.2. The predicted octanol–water partition coefficient (Wildman–Crippen LogP) is 4.51. The maximum Gasteiger partial charge on any atom is 0.243 e. The van der Waals surface area contributed by atoms with E-state index < -0.39 is 17.6 Å². The first kappa shape index (κ1) is 37.0. The number of rotatable bonds is 17. The van der Waals surface area contributed by atoms with E-state index in [9.17, 15) is 14.4 Å². The largest absolute Gasteiger partial charge is 0.494 e. The van der Waals surface area contributed by atoms with Crippen molar-refractivity contribution in [1.82, 2.24) is 30.8 Å². The van der Waals surface area contributed by atoms with Crippen molar-refractivity contribution < 1.29 is 19.1 Å². The van der Waals surface area contributed by atoms with Gasteiger partial charge >= 0.3 is 0 Å². The first-order valence-corrected chi connectivity index (χ1v) is 18.2. The molecule has 2 aliphatic rings. The molecule has 2 aliphatic heterocycles. The lowest BCUT2D eigenvalue weighted by molar-refractivity contribution is -0.129. The van der Waals surface area contributed by atoms with Crippen LogP contribution in [-0.2, 0) is 14.4 Å². The fourth-order valence-corrected chi connectivity index (χ4v) is 6.16. The first-order chi connectivity index (χ1) is 25.7. The maximum atomic E-state index is 12.5. The van der Waals surface area contributed by atoms with Gasteiger partial charge in [0.1, 0.15) is 17.6 Å². The number of hydrogen-bond acceptors (Lipinski definition) is 9. The first-order valence-electron chi connectivity index (χ1n) is 18.2. The standard InChI is InChI=1S/C40H47N9O4/c1-4-20-42-39(52)34(43-37(51)17-19-40(2)46-47-40)18-21-41-36(50)6-5-26-53-32-14-9-29(10-15-32)38-44-33-16-11-30(27-35(33)45-38)28-7-12-31(13-8-28)49-24-22-48(3)23-25-49/h1,7-16,27,34H,5-6,17-26H2,2-3H3,(H,41,50)(H,42,52)(H,43,51)(H,44,45). The molecule has 53 heavy (non-hydrogen) atoms. The minimum atomic E-state index is -0.823. The summed E-state index contributed by atoms with van der Waals surface area (Å²) in [6, 6.07) is 22.0. The number of aromatic nitrogens is 2. The topological polar surface area (TPSA) is 156 Å². The van der Waals surface area contributed by atoms with Gasteiger partial charge in [-0.15, -0.1) is 6.42 Å². The number of amides is 3. The summed E-state index contributed by atoms with van der Waals surface area (Å²) in [6.45, 7) is 6.72. The molecule has 1 aromatic heterocycles. The number of ether oxygens (including phenoxy) is 1. The van der Waals surface area contributed by atoms with Crippen LogP contribution in [0.5, 0.6) is 5.75 Å². The summed E-state index contributed by atoms with van der Waals surface area (Å²) < 4.78 is 5.88. The van der Waals surface area contributed by atoms with Crippen LogP contribution in [-0.4, -0.2) is 97.2 Å². The van der Waals surface area contributed by atoms with Crippen LogP contribution in [0.2, 0.25) is 0 Å². The lowest BCUT2D eigenvalue weighted by atomic mass is 10.0. The molecular formula is C40H47N9O4. The molecule has 3 amide bonds. The van der Waals surface area contributed by atoms with Gasteiger partial charge in [0.05, 0.1) is 24.2 Å². The van der Waals surface area contributed by atoms with E-state index in [0.717, 1.165) is 54.2 Å². The molecule has 13 heteroatoms. The van der Waals surface area contributed by atoms with E-state index in [-0.39, 0.29) is 44.2 Å².